The van der Waals surface area contributed by atoms with Crippen molar-refractivity contribution < 1.29 is 13.9 Å². The number of benzene rings is 2. The number of aryl methyl sites for hydroxylation is 2. The highest BCUT2D eigenvalue weighted by molar-refractivity contribution is 5.95. The van der Waals surface area contributed by atoms with Crippen LogP contribution in [0.2, 0.25) is 0 Å². The van der Waals surface area contributed by atoms with E-state index in [1.54, 1.807) is 21.7 Å². The predicted molar refractivity (Wildman–Crippen MR) is 104 cm³/mol. The van der Waals surface area contributed by atoms with E-state index in [1.807, 2.05) is 44.4 Å². The minimum absolute atomic E-state index is 0.0289. The molecule has 0 saturated carbocycles. The minimum Gasteiger partial charge on any atom is -0.370 e. The predicted octanol–water partition coefficient (Wildman–Crippen LogP) is 3.75. The number of aromatic nitrogens is 2. The second-order valence-corrected chi connectivity index (χ2v) is 7.04. The topological polar surface area (TPSA) is 47.4 Å². The molecule has 1 aromatic heterocycles. The van der Waals surface area contributed by atoms with Crippen molar-refractivity contribution in [1.82, 2.24) is 14.7 Å². The molecule has 0 radical (unpaired) electrons. The lowest BCUT2D eigenvalue weighted by atomic mass is 10.0. The maximum absolute atomic E-state index is 13.2. The van der Waals surface area contributed by atoms with Crippen LogP contribution in [0.1, 0.15) is 27.7 Å². The smallest absolute Gasteiger partial charge is 0.254 e. The van der Waals surface area contributed by atoms with Crippen LogP contribution in [0, 0.1) is 12.7 Å². The molecule has 5 nitrogen and oxygen atoms in total. The first kappa shape index (κ1) is 18.4. The van der Waals surface area contributed by atoms with Gasteiger partial charge in [0.1, 0.15) is 11.9 Å². The van der Waals surface area contributed by atoms with E-state index in [2.05, 4.69) is 5.10 Å². The van der Waals surface area contributed by atoms with Gasteiger partial charge < -0.3 is 9.64 Å². The number of rotatable bonds is 3. The molecule has 2 aromatic carbocycles. The van der Waals surface area contributed by atoms with Gasteiger partial charge in [-0.25, -0.2) is 4.39 Å². The Labute approximate surface area is 163 Å². The Hall–Kier alpha value is -2.99. The van der Waals surface area contributed by atoms with E-state index in [0.717, 1.165) is 22.4 Å². The van der Waals surface area contributed by atoms with Gasteiger partial charge in [0.2, 0.25) is 0 Å². The Balaban J connectivity index is 1.55. The van der Waals surface area contributed by atoms with E-state index >= 15 is 0 Å². The van der Waals surface area contributed by atoms with Crippen LogP contribution in [0.5, 0.6) is 0 Å². The van der Waals surface area contributed by atoms with Crippen LogP contribution in [0.4, 0.5) is 4.39 Å². The number of carbonyl (C=O) groups is 1. The van der Waals surface area contributed by atoms with Crippen LogP contribution in [-0.2, 0) is 11.8 Å². The summed E-state index contributed by atoms with van der Waals surface area (Å²) in [6.45, 7) is 3.39. The van der Waals surface area contributed by atoms with Crippen molar-refractivity contribution in [1.29, 1.82) is 0 Å². The van der Waals surface area contributed by atoms with Crippen LogP contribution >= 0.6 is 0 Å². The second-order valence-electron chi connectivity index (χ2n) is 7.04. The molecule has 1 atom stereocenters. The van der Waals surface area contributed by atoms with Crippen molar-refractivity contribution in [2.75, 3.05) is 19.7 Å². The summed E-state index contributed by atoms with van der Waals surface area (Å²) < 4.78 is 20.8. The average Bonchev–Trinajstić information content (AvgIpc) is 3.06. The van der Waals surface area contributed by atoms with Crippen LogP contribution in [0.15, 0.2) is 54.7 Å². The van der Waals surface area contributed by atoms with E-state index < -0.39 is 0 Å². The lowest BCUT2D eigenvalue weighted by Gasteiger charge is -2.33. The normalized spacial score (nSPS) is 17.0. The summed E-state index contributed by atoms with van der Waals surface area (Å²) in [6.07, 6.45) is 1.71. The van der Waals surface area contributed by atoms with Crippen molar-refractivity contribution in [3.8, 4) is 11.1 Å². The van der Waals surface area contributed by atoms with E-state index in [0.29, 0.717) is 25.3 Å². The summed E-state index contributed by atoms with van der Waals surface area (Å²) in [7, 11) is 1.88. The molecule has 0 aliphatic carbocycles. The highest BCUT2D eigenvalue weighted by Gasteiger charge is 2.26. The second kappa shape index (κ2) is 7.56. The number of hydrogen-bond acceptors (Lipinski definition) is 3. The van der Waals surface area contributed by atoms with Gasteiger partial charge in [0, 0.05) is 30.9 Å². The summed E-state index contributed by atoms with van der Waals surface area (Å²) in [5.74, 6) is -0.311. The van der Waals surface area contributed by atoms with Gasteiger partial charge in [-0.05, 0) is 42.3 Å². The monoisotopic (exact) mass is 379 g/mol. The third-order valence-electron chi connectivity index (χ3n) is 5.03. The van der Waals surface area contributed by atoms with Gasteiger partial charge in [-0.3, -0.25) is 9.48 Å². The molecule has 6 heteroatoms. The zero-order valence-electron chi connectivity index (χ0n) is 15.9. The van der Waals surface area contributed by atoms with Crippen molar-refractivity contribution >= 4 is 5.91 Å². The van der Waals surface area contributed by atoms with Crippen LogP contribution in [-0.4, -0.2) is 40.3 Å². The Bertz CT molecular complexity index is 997. The van der Waals surface area contributed by atoms with Crippen molar-refractivity contribution in [3.63, 3.8) is 0 Å². The first-order valence-electron chi connectivity index (χ1n) is 9.28. The molecule has 1 unspecified atom stereocenters. The van der Waals surface area contributed by atoms with Crippen LogP contribution in [0.3, 0.4) is 0 Å². The first-order valence-corrected chi connectivity index (χ1v) is 9.28. The minimum atomic E-state index is -0.282. The zero-order valence-corrected chi connectivity index (χ0v) is 15.9. The number of carbonyl (C=O) groups excluding carboxylic acids is 1. The Morgan fingerprint density at radius 2 is 2.00 bits per heavy atom. The van der Waals surface area contributed by atoms with Gasteiger partial charge >= 0.3 is 0 Å². The molecule has 144 valence electrons. The maximum Gasteiger partial charge on any atom is 0.254 e. The SMILES string of the molecule is Cc1nn(C)cc1-c1cccc(C(=O)N2CCOC(c3ccc(F)cc3)C2)c1. The van der Waals surface area contributed by atoms with E-state index in [-0.39, 0.29) is 17.8 Å². The molecule has 0 spiro atoms. The molecule has 0 N–H and O–H groups in total. The van der Waals surface area contributed by atoms with Gasteiger partial charge in [0.05, 0.1) is 18.8 Å². The number of hydrogen-bond donors (Lipinski definition) is 0. The van der Waals surface area contributed by atoms with Gasteiger partial charge in [0.15, 0.2) is 0 Å². The lowest BCUT2D eigenvalue weighted by molar-refractivity contribution is -0.0228. The van der Waals surface area contributed by atoms with Crippen LogP contribution < -0.4 is 0 Å². The van der Waals surface area contributed by atoms with E-state index in [1.165, 1.54) is 12.1 Å². The molecule has 4 rings (SSSR count). The average molecular weight is 379 g/mol. The number of ether oxygens (including phenoxy) is 1. The fraction of sp³-hybridized carbons (Fsp3) is 0.273. The summed E-state index contributed by atoms with van der Waals surface area (Å²) >= 11 is 0. The van der Waals surface area contributed by atoms with Gasteiger partial charge in [-0.2, -0.15) is 5.10 Å². The molecular weight excluding hydrogens is 357 g/mol. The molecule has 1 fully saturated rings. The molecule has 1 aliphatic rings. The number of nitrogens with zero attached hydrogens (tertiary/aromatic N) is 3. The first-order chi connectivity index (χ1) is 13.5. The fourth-order valence-electron chi connectivity index (χ4n) is 3.60. The number of amides is 1. The third-order valence-corrected chi connectivity index (χ3v) is 5.03. The molecule has 0 bridgehead atoms. The largest absolute Gasteiger partial charge is 0.370 e. The maximum atomic E-state index is 13.2. The van der Waals surface area contributed by atoms with Crippen molar-refractivity contribution in [2.45, 2.75) is 13.0 Å². The van der Waals surface area contributed by atoms with E-state index in [9.17, 15) is 9.18 Å². The molecule has 1 aliphatic heterocycles. The van der Waals surface area contributed by atoms with E-state index in [4.69, 9.17) is 4.74 Å². The Kier molecular flexibility index (Phi) is 4.96. The van der Waals surface area contributed by atoms with Crippen LogP contribution in [0.25, 0.3) is 11.1 Å². The lowest BCUT2D eigenvalue weighted by Crippen LogP contribution is -2.42. The van der Waals surface area contributed by atoms with Gasteiger partial charge in [-0.15, -0.1) is 0 Å². The fourth-order valence-corrected chi connectivity index (χ4v) is 3.60. The van der Waals surface area contributed by atoms with Crippen molar-refractivity contribution in [3.05, 3.63) is 77.4 Å². The Morgan fingerprint density at radius 3 is 2.71 bits per heavy atom. The quantitative estimate of drug-likeness (QED) is 0.696. The molecule has 1 saturated heterocycles. The zero-order chi connectivity index (χ0) is 19.7. The standard InChI is InChI=1S/C22H22FN3O2/c1-15-20(13-25(2)24-15)17-4-3-5-18(12-17)22(27)26-10-11-28-21(14-26)16-6-8-19(23)9-7-16/h3-9,12-13,21H,10-11,14H2,1-2H3. The molecular formula is C22H22FN3O2. The molecule has 1 amide bonds. The number of halogens is 1. The Morgan fingerprint density at radius 1 is 1.21 bits per heavy atom. The number of morpholine rings is 1. The third kappa shape index (κ3) is 3.68. The van der Waals surface area contributed by atoms with Gasteiger partial charge in [0.25, 0.3) is 5.91 Å². The summed E-state index contributed by atoms with van der Waals surface area (Å²) in [5, 5.41) is 4.38. The highest BCUT2D eigenvalue weighted by Crippen LogP contribution is 2.26. The summed E-state index contributed by atoms with van der Waals surface area (Å²) in [5.41, 5.74) is 4.43. The highest BCUT2D eigenvalue weighted by atomic mass is 19.1. The van der Waals surface area contributed by atoms with Crippen molar-refractivity contribution in [2.24, 2.45) is 7.05 Å². The molecule has 28 heavy (non-hydrogen) atoms. The molecule has 2 heterocycles. The summed E-state index contributed by atoms with van der Waals surface area (Å²) in [4.78, 5) is 14.9. The summed E-state index contributed by atoms with van der Waals surface area (Å²) in [6, 6.07) is 13.9. The molecule has 3 aromatic rings. The van der Waals surface area contributed by atoms with Gasteiger partial charge in [-0.1, -0.05) is 24.3 Å².